The third-order valence-electron chi connectivity index (χ3n) is 2.37. The summed E-state index contributed by atoms with van der Waals surface area (Å²) in [6, 6.07) is 10.3. The summed E-state index contributed by atoms with van der Waals surface area (Å²) in [6.45, 7) is 4.11. The van der Waals surface area contributed by atoms with E-state index in [1.165, 1.54) is 21.6 Å². The number of aryl methyl sites for hydroxylation is 2. The Kier molecular flexibility index (Phi) is 2.69. The minimum atomic E-state index is 0.795. The van der Waals surface area contributed by atoms with Crippen LogP contribution in [0, 0.1) is 13.8 Å². The highest BCUT2D eigenvalue weighted by Gasteiger charge is 2.06. The van der Waals surface area contributed by atoms with Crippen LogP contribution in [-0.2, 0) is 0 Å². The Hall–Kier alpha value is -1.41. The largest absolute Gasteiger partial charge is 0.297 e. The van der Waals surface area contributed by atoms with Gasteiger partial charge in [0.1, 0.15) is 0 Å². The first-order chi connectivity index (χ1) is 7.20. The molecule has 1 heterocycles. The summed E-state index contributed by atoms with van der Waals surface area (Å²) < 4.78 is 0. The standard InChI is InChI=1S/C13H12OS/c1-9-3-5-11(6-4-9)13-10(2)7-12(8-14)15-13/h3-8H,1-2H3. The van der Waals surface area contributed by atoms with Gasteiger partial charge in [-0.15, -0.1) is 11.3 Å². The van der Waals surface area contributed by atoms with Crippen molar-refractivity contribution in [3.8, 4) is 10.4 Å². The predicted molar refractivity (Wildman–Crippen MR) is 64.6 cm³/mol. The SMILES string of the molecule is Cc1ccc(-c2sc(C=O)cc2C)cc1. The average Bonchev–Trinajstić information content (AvgIpc) is 2.61. The van der Waals surface area contributed by atoms with Crippen molar-refractivity contribution < 1.29 is 4.79 Å². The van der Waals surface area contributed by atoms with Gasteiger partial charge >= 0.3 is 0 Å². The molecule has 2 aromatic rings. The molecular formula is C13H12OS. The maximum atomic E-state index is 10.7. The van der Waals surface area contributed by atoms with Crippen molar-refractivity contribution in [3.63, 3.8) is 0 Å². The fourth-order valence-corrected chi connectivity index (χ4v) is 2.55. The Morgan fingerprint density at radius 3 is 2.33 bits per heavy atom. The van der Waals surface area contributed by atoms with E-state index >= 15 is 0 Å². The van der Waals surface area contributed by atoms with Crippen molar-refractivity contribution in [1.29, 1.82) is 0 Å². The van der Waals surface area contributed by atoms with Gasteiger partial charge in [-0.05, 0) is 31.0 Å². The highest BCUT2D eigenvalue weighted by atomic mass is 32.1. The van der Waals surface area contributed by atoms with E-state index in [-0.39, 0.29) is 0 Å². The number of carbonyl (C=O) groups is 1. The van der Waals surface area contributed by atoms with Crippen molar-refractivity contribution in [1.82, 2.24) is 0 Å². The van der Waals surface area contributed by atoms with Crippen molar-refractivity contribution >= 4 is 17.6 Å². The van der Waals surface area contributed by atoms with Gasteiger partial charge < -0.3 is 0 Å². The molecule has 1 aromatic heterocycles. The fraction of sp³-hybridized carbons (Fsp3) is 0.154. The first kappa shape index (κ1) is 10.1. The van der Waals surface area contributed by atoms with E-state index in [9.17, 15) is 4.79 Å². The lowest BCUT2D eigenvalue weighted by molar-refractivity contribution is 0.112. The van der Waals surface area contributed by atoms with Crippen LogP contribution in [0.2, 0.25) is 0 Å². The van der Waals surface area contributed by atoms with Gasteiger partial charge in [-0.2, -0.15) is 0 Å². The summed E-state index contributed by atoms with van der Waals surface area (Å²) >= 11 is 1.55. The lowest BCUT2D eigenvalue weighted by atomic mass is 10.1. The zero-order valence-corrected chi connectivity index (χ0v) is 9.60. The van der Waals surface area contributed by atoms with Crippen LogP contribution in [0.1, 0.15) is 20.8 Å². The summed E-state index contributed by atoms with van der Waals surface area (Å²) in [6.07, 6.45) is 0.912. The van der Waals surface area contributed by atoms with E-state index in [0.717, 1.165) is 11.2 Å². The molecular weight excluding hydrogens is 204 g/mol. The molecule has 0 aliphatic heterocycles. The quantitative estimate of drug-likeness (QED) is 0.697. The van der Waals surface area contributed by atoms with E-state index in [2.05, 4.69) is 31.2 Å². The van der Waals surface area contributed by atoms with E-state index in [1.807, 2.05) is 13.0 Å². The number of aldehydes is 1. The molecule has 0 radical (unpaired) electrons. The van der Waals surface area contributed by atoms with Crippen LogP contribution in [-0.4, -0.2) is 6.29 Å². The van der Waals surface area contributed by atoms with E-state index in [1.54, 1.807) is 11.3 Å². The van der Waals surface area contributed by atoms with Crippen molar-refractivity contribution in [2.45, 2.75) is 13.8 Å². The Morgan fingerprint density at radius 1 is 1.13 bits per heavy atom. The highest BCUT2D eigenvalue weighted by Crippen LogP contribution is 2.31. The Balaban J connectivity index is 2.48. The molecule has 0 unspecified atom stereocenters. The molecule has 0 bridgehead atoms. The number of thiophene rings is 1. The molecule has 0 saturated carbocycles. The van der Waals surface area contributed by atoms with Crippen LogP contribution in [0.15, 0.2) is 30.3 Å². The van der Waals surface area contributed by atoms with Crippen LogP contribution >= 0.6 is 11.3 Å². The normalized spacial score (nSPS) is 10.3. The molecule has 0 aliphatic rings. The van der Waals surface area contributed by atoms with Gasteiger partial charge in [0.2, 0.25) is 0 Å². The van der Waals surface area contributed by atoms with Crippen molar-refractivity contribution in [2.24, 2.45) is 0 Å². The molecule has 0 spiro atoms. The minimum Gasteiger partial charge on any atom is -0.297 e. The molecule has 0 amide bonds. The molecule has 2 heteroatoms. The number of rotatable bonds is 2. The molecule has 0 N–H and O–H groups in total. The molecule has 0 fully saturated rings. The van der Waals surface area contributed by atoms with E-state index in [0.29, 0.717) is 0 Å². The van der Waals surface area contributed by atoms with Crippen LogP contribution < -0.4 is 0 Å². The van der Waals surface area contributed by atoms with Gasteiger partial charge in [0.25, 0.3) is 0 Å². The zero-order valence-electron chi connectivity index (χ0n) is 8.78. The maximum Gasteiger partial charge on any atom is 0.160 e. The van der Waals surface area contributed by atoms with Crippen molar-refractivity contribution in [3.05, 3.63) is 46.3 Å². The van der Waals surface area contributed by atoms with Crippen LogP contribution in [0.25, 0.3) is 10.4 Å². The van der Waals surface area contributed by atoms with E-state index in [4.69, 9.17) is 0 Å². The Bertz CT molecular complexity index is 480. The first-order valence-electron chi connectivity index (χ1n) is 4.83. The monoisotopic (exact) mass is 216 g/mol. The van der Waals surface area contributed by atoms with Gasteiger partial charge in [-0.3, -0.25) is 4.79 Å². The predicted octanol–water partition coefficient (Wildman–Crippen LogP) is 3.84. The average molecular weight is 216 g/mol. The molecule has 0 aliphatic carbocycles. The van der Waals surface area contributed by atoms with Gasteiger partial charge in [-0.1, -0.05) is 29.8 Å². The Morgan fingerprint density at radius 2 is 1.80 bits per heavy atom. The van der Waals surface area contributed by atoms with Crippen LogP contribution in [0.3, 0.4) is 0 Å². The maximum absolute atomic E-state index is 10.7. The second-order valence-corrected chi connectivity index (χ2v) is 4.73. The molecule has 1 aromatic carbocycles. The Labute approximate surface area is 93.4 Å². The third kappa shape index (κ3) is 2.00. The third-order valence-corrected chi connectivity index (χ3v) is 3.58. The zero-order chi connectivity index (χ0) is 10.8. The smallest absolute Gasteiger partial charge is 0.160 e. The number of carbonyl (C=O) groups excluding carboxylic acids is 1. The fourth-order valence-electron chi connectivity index (χ4n) is 1.56. The number of hydrogen-bond donors (Lipinski definition) is 0. The van der Waals surface area contributed by atoms with Gasteiger partial charge in [0, 0.05) is 4.88 Å². The van der Waals surface area contributed by atoms with Gasteiger partial charge in [0.15, 0.2) is 6.29 Å². The topological polar surface area (TPSA) is 17.1 Å². The number of benzene rings is 1. The summed E-state index contributed by atoms with van der Waals surface area (Å²) in [7, 11) is 0. The summed E-state index contributed by atoms with van der Waals surface area (Å²) in [4.78, 5) is 12.7. The van der Waals surface area contributed by atoms with E-state index < -0.39 is 0 Å². The molecule has 0 saturated heterocycles. The molecule has 0 atom stereocenters. The molecule has 2 rings (SSSR count). The lowest BCUT2D eigenvalue weighted by Gasteiger charge is -1.99. The van der Waals surface area contributed by atoms with Gasteiger partial charge in [0.05, 0.1) is 4.88 Å². The minimum absolute atomic E-state index is 0.795. The molecule has 76 valence electrons. The van der Waals surface area contributed by atoms with Crippen LogP contribution in [0.4, 0.5) is 0 Å². The summed E-state index contributed by atoms with van der Waals surface area (Å²) in [5.41, 5.74) is 3.62. The molecule has 1 nitrogen and oxygen atoms in total. The van der Waals surface area contributed by atoms with Gasteiger partial charge in [-0.25, -0.2) is 0 Å². The first-order valence-corrected chi connectivity index (χ1v) is 5.65. The second-order valence-electron chi connectivity index (χ2n) is 3.64. The highest BCUT2D eigenvalue weighted by molar-refractivity contribution is 7.17. The number of hydrogen-bond acceptors (Lipinski definition) is 2. The summed E-state index contributed by atoms with van der Waals surface area (Å²) in [5, 5.41) is 0. The lowest BCUT2D eigenvalue weighted by Crippen LogP contribution is -1.76. The van der Waals surface area contributed by atoms with Crippen LogP contribution in [0.5, 0.6) is 0 Å². The summed E-state index contributed by atoms with van der Waals surface area (Å²) in [5.74, 6) is 0. The van der Waals surface area contributed by atoms with Crippen molar-refractivity contribution in [2.75, 3.05) is 0 Å². The molecule has 15 heavy (non-hydrogen) atoms. The second kappa shape index (κ2) is 3.99.